The molecule has 6 heterocycles. The summed E-state index contributed by atoms with van der Waals surface area (Å²) in [7, 11) is 19.5. The van der Waals surface area contributed by atoms with Crippen LogP contribution in [0.2, 0.25) is 0 Å². The molecule has 0 aliphatic carbocycles. The second-order valence-corrected chi connectivity index (χ2v) is 27.1. The number of rotatable bonds is 19. The predicted molar refractivity (Wildman–Crippen MR) is 385 cm³/mol. The minimum absolute atomic E-state index is 0.0602. The summed E-state index contributed by atoms with van der Waals surface area (Å²) in [5.41, 5.74) is 2.56. The number of carbonyl (C=O) groups excluding carboxylic acids is 20. The van der Waals surface area contributed by atoms with Crippen molar-refractivity contribution in [1.82, 2.24) is 68.6 Å². The van der Waals surface area contributed by atoms with Crippen LogP contribution < -0.4 is 4.74 Å². The highest BCUT2D eigenvalue weighted by atomic mass is 35.5. The molecule has 0 saturated carbocycles. The minimum Gasteiger partial charge on any atom is -0.496 e. The van der Waals surface area contributed by atoms with E-state index in [0.717, 1.165) is 101 Å². The van der Waals surface area contributed by atoms with Gasteiger partial charge in [-0.25, -0.2) is 28.8 Å². The molecule has 0 aromatic heterocycles. The van der Waals surface area contributed by atoms with E-state index < -0.39 is 149 Å². The van der Waals surface area contributed by atoms with Gasteiger partial charge in [0, 0.05) is 86.0 Å². The van der Waals surface area contributed by atoms with Gasteiger partial charge >= 0.3 is 48.1 Å². The lowest BCUT2D eigenvalue weighted by atomic mass is 10.0. The monoisotopic (exact) mass is 1560 g/mol. The number of barbiturate groups is 6. The quantitative estimate of drug-likeness (QED) is 0.0719. The van der Waals surface area contributed by atoms with Crippen LogP contribution in [-0.2, 0) is 89.8 Å². The highest BCUT2D eigenvalue weighted by molar-refractivity contribution is 8.01. The number of benzene rings is 3. The molecule has 6 fully saturated rings. The summed E-state index contributed by atoms with van der Waals surface area (Å²) in [6.07, 6.45) is 0.851. The first-order chi connectivity index (χ1) is 51.0. The van der Waals surface area contributed by atoms with Crippen LogP contribution in [-0.4, -0.2) is 329 Å². The second-order valence-electron chi connectivity index (χ2n) is 25.5. The van der Waals surface area contributed by atoms with E-state index >= 15 is 0 Å². The number of methoxy groups -OCH3 is 1. The molecule has 3 aromatic carbocycles. The van der Waals surface area contributed by atoms with Gasteiger partial charge in [-0.15, -0.1) is 23.4 Å². The number of nitrogens with zero attached hydrogens (tertiary/aromatic N) is 14. The van der Waals surface area contributed by atoms with Crippen LogP contribution in [0.15, 0.2) is 83.8 Å². The Morgan fingerprint density at radius 2 is 0.899 bits per heavy atom. The van der Waals surface area contributed by atoms with Crippen LogP contribution in [0.4, 0.5) is 28.8 Å². The average molecular weight is 1560 g/mol. The molecule has 0 radical (unpaired) electrons. The molecular formula is C70H89ClN14O23S. The molecule has 6 saturated heterocycles. The molecule has 0 bridgehead atoms. The van der Waals surface area contributed by atoms with E-state index in [1.54, 1.807) is 81.4 Å². The summed E-state index contributed by atoms with van der Waals surface area (Å²) in [6.45, 7) is 5.83. The van der Waals surface area contributed by atoms with E-state index in [-0.39, 0.29) is 44.5 Å². The van der Waals surface area contributed by atoms with Gasteiger partial charge in [0.2, 0.25) is 47.3 Å². The van der Waals surface area contributed by atoms with Crippen LogP contribution in [0.25, 0.3) is 0 Å². The molecule has 0 spiro atoms. The van der Waals surface area contributed by atoms with Crippen molar-refractivity contribution in [3.63, 3.8) is 0 Å². The standard InChI is InChI=1S/C18H23N3O6.C14H14N2O5.C13H14N2O3S.C11H19N3O3.C8H12N2O3.C6H7ClN2O3/c1-19(2)9-13-16(23)20(3)18(25)21(17(13)24)10-15(22)27-11-12-7-5-6-8-14(12)26-4;1-15-11(17)7-12(18)16(14(15)20)8-13(19)21-9-10-5-3-2-4-6-10;1-8-4-6-9(7-5-8)19-10-11(16)14(2)13(18)15(3)12(10)17;1-12(2)6-4-5-7-14-10(16)8-9(15)13(3)11(14)17;1-5(2)10-7(12)4-6(11)9(3)8(10)13;1-8-4(10)3(7)5(11)9(2)6(8)12/h5-8,13H,9-11H2,1-4H3;2-6H,7-9H2,1H3;4-7,10H,1-3H3;4-8H2,1-3H3;5H,4H2,1-3H3;3H,1-2H3. The van der Waals surface area contributed by atoms with Gasteiger partial charge < -0.3 is 24.0 Å². The van der Waals surface area contributed by atoms with Crippen molar-refractivity contribution in [1.29, 1.82) is 0 Å². The lowest BCUT2D eigenvalue weighted by Crippen LogP contribution is -2.61. The number of esters is 2. The number of carbonyl (C=O) groups is 20. The van der Waals surface area contributed by atoms with Gasteiger partial charge in [-0.1, -0.05) is 66.2 Å². The number of para-hydroxylation sites is 1. The molecule has 37 nitrogen and oxygen atoms in total. The fourth-order valence-corrected chi connectivity index (χ4v) is 11.4. The van der Waals surface area contributed by atoms with Crippen LogP contribution in [0.1, 0.15) is 62.6 Å². The average Bonchev–Trinajstić information content (AvgIpc) is 0.796. The number of thioether (sulfide) groups is 1. The molecule has 6 aliphatic heterocycles. The Morgan fingerprint density at radius 3 is 1.39 bits per heavy atom. The number of hydrogen-bond donors (Lipinski definition) is 0. The largest absolute Gasteiger partial charge is 0.496 e. The first kappa shape index (κ1) is 90.0. The van der Waals surface area contributed by atoms with Crippen molar-refractivity contribution >= 4 is 142 Å². The molecule has 590 valence electrons. The maximum atomic E-state index is 12.5. The predicted octanol–water partition coefficient (Wildman–Crippen LogP) is 2.37. The molecule has 3 aromatic rings. The fourth-order valence-electron chi connectivity index (χ4n) is 9.98. The van der Waals surface area contributed by atoms with E-state index in [9.17, 15) is 95.9 Å². The zero-order valence-corrected chi connectivity index (χ0v) is 64.8. The molecular weight excluding hydrogens is 1470 g/mol. The zero-order chi connectivity index (χ0) is 82.3. The van der Waals surface area contributed by atoms with Crippen LogP contribution in [0, 0.1) is 12.8 Å². The second kappa shape index (κ2) is 41.1. The Morgan fingerprint density at radius 1 is 0.468 bits per heavy atom. The number of halogens is 1. The summed E-state index contributed by atoms with van der Waals surface area (Å²) in [5.74, 6) is -8.47. The number of unbranched alkanes of at least 4 members (excludes halogenated alkanes) is 1. The first-order valence-corrected chi connectivity index (χ1v) is 34.6. The summed E-state index contributed by atoms with van der Waals surface area (Å²) >= 11 is 6.60. The normalized spacial score (nSPS) is 17.6. The van der Waals surface area contributed by atoms with E-state index in [2.05, 4.69) is 4.90 Å². The molecule has 6 aliphatic rings. The Kier molecular flexibility index (Phi) is 33.9. The third-order valence-corrected chi connectivity index (χ3v) is 18.0. The van der Waals surface area contributed by atoms with Crippen LogP contribution in [0.5, 0.6) is 5.75 Å². The SMILES string of the molecule is CC(C)N1C(=O)CC(=O)N(C)C1=O.CN(C)CCCCN1C(=O)CC(=O)N(C)C1=O.CN1C(=O)C(Cl)C(=O)N(C)C1=O.CN1C(=O)CC(=O)N(CC(=O)OCc2ccccc2)C1=O.COc1ccccc1COC(=O)CN1C(=O)C(CN(C)C)C(=O)N(C)C1=O.Cc1ccc(SC2C(=O)N(C)C(=O)N(C)C2=O)cc1. The third-order valence-electron chi connectivity index (χ3n) is 16.5. The fraction of sp³-hybridized carbons (Fsp3) is 0.457. The number of alkyl halides is 1. The van der Waals surface area contributed by atoms with Crippen LogP contribution in [0.3, 0.4) is 0 Å². The van der Waals surface area contributed by atoms with Crippen molar-refractivity contribution < 1.29 is 110 Å². The molecule has 1 atom stereocenters. The summed E-state index contributed by atoms with van der Waals surface area (Å²) < 4.78 is 15.4. The van der Waals surface area contributed by atoms with E-state index in [1.165, 1.54) is 63.5 Å². The van der Waals surface area contributed by atoms with Gasteiger partial charge in [0.1, 0.15) is 57.2 Å². The summed E-state index contributed by atoms with van der Waals surface area (Å²) in [6, 6.07) is 19.5. The zero-order valence-electron chi connectivity index (χ0n) is 63.2. The molecule has 1 unspecified atom stereocenters. The van der Waals surface area contributed by atoms with E-state index in [1.807, 2.05) is 51.4 Å². The van der Waals surface area contributed by atoms with Crippen molar-refractivity contribution in [2.75, 3.05) is 124 Å². The number of imide groups is 12. The van der Waals surface area contributed by atoms with Gasteiger partial charge in [-0.2, -0.15) is 0 Å². The van der Waals surface area contributed by atoms with E-state index in [0.29, 0.717) is 22.8 Å². The maximum absolute atomic E-state index is 12.5. The van der Waals surface area contributed by atoms with Gasteiger partial charge in [-0.3, -0.25) is 126 Å². The lowest BCUT2D eigenvalue weighted by molar-refractivity contribution is -0.156. The highest BCUT2D eigenvalue weighted by Gasteiger charge is 2.47. The number of amides is 24. The molecule has 9 rings (SSSR count). The van der Waals surface area contributed by atoms with Crippen molar-refractivity contribution in [2.45, 2.75) is 87.7 Å². The molecule has 109 heavy (non-hydrogen) atoms. The number of ether oxygens (including phenoxy) is 3. The minimum atomic E-state index is -1.27. The third kappa shape index (κ3) is 24.3. The van der Waals surface area contributed by atoms with Crippen molar-refractivity contribution in [2.24, 2.45) is 5.92 Å². The Labute approximate surface area is 637 Å². The highest BCUT2D eigenvalue weighted by Crippen LogP contribution is 2.29. The number of aryl methyl sites for hydroxylation is 1. The molecule has 39 heteroatoms. The van der Waals surface area contributed by atoms with Crippen LogP contribution >= 0.6 is 23.4 Å². The number of hydrogen-bond acceptors (Lipinski definition) is 26. The smallest absolute Gasteiger partial charge is 0.333 e. The summed E-state index contributed by atoms with van der Waals surface area (Å²) in [4.78, 5) is 248. The molecule has 24 amide bonds. The Hall–Kier alpha value is -11.4. The Balaban J connectivity index is 0.000000282. The lowest BCUT2D eigenvalue weighted by Gasteiger charge is -2.35. The topological polar surface area (TPSA) is 414 Å². The maximum Gasteiger partial charge on any atom is 0.333 e. The molecule has 0 N–H and O–H groups in total. The van der Waals surface area contributed by atoms with Gasteiger partial charge in [0.05, 0.1) is 7.11 Å². The van der Waals surface area contributed by atoms with Crippen molar-refractivity contribution in [3.8, 4) is 5.75 Å². The first-order valence-electron chi connectivity index (χ1n) is 33.3. The van der Waals surface area contributed by atoms with Gasteiger partial charge in [0.25, 0.3) is 23.6 Å². The van der Waals surface area contributed by atoms with Gasteiger partial charge in [-0.05, 0) is 92.1 Å². The number of urea groups is 6. The van der Waals surface area contributed by atoms with Crippen molar-refractivity contribution in [3.05, 3.63) is 95.6 Å². The van der Waals surface area contributed by atoms with Gasteiger partial charge in [0.15, 0.2) is 10.6 Å². The Bertz CT molecular complexity index is 3930. The van der Waals surface area contributed by atoms with E-state index in [4.69, 9.17) is 25.8 Å². The summed E-state index contributed by atoms with van der Waals surface area (Å²) in [5, 5.41) is -2.16.